The minimum absolute atomic E-state index is 0.0225. The van der Waals surface area contributed by atoms with Gasteiger partial charge < -0.3 is 16.0 Å². The molecule has 6 heteroatoms. The topological polar surface area (TPSA) is 75.4 Å². The van der Waals surface area contributed by atoms with E-state index in [2.05, 4.69) is 21.2 Å². The summed E-state index contributed by atoms with van der Waals surface area (Å²) in [5.74, 6) is -0.267. The van der Waals surface area contributed by atoms with Gasteiger partial charge in [0.1, 0.15) is 0 Å². The van der Waals surface area contributed by atoms with Gasteiger partial charge in [-0.15, -0.1) is 0 Å². The van der Waals surface area contributed by atoms with Gasteiger partial charge >= 0.3 is 0 Å². The molecule has 0 radical (unpaired) electrons. The molecule has 0 aliphatic rings. The van der Waals surface area contributed by atoms with Crippen molar-refractivity contribution in [2.75, 3.05) is 13.6 Å². The van der Waals surface area contributed by atoms with E-state index < -0.39 is 6.04 Å². The van der Waals surface area contributed by atoms with Crippen LogP contribution in [0, 0.1) is 0 Å². The van der Waals surface area contributed by atoms with Crippen molar-refractivity contribution in [1.29, 1.82) is 0 Å². The van der Waals surface area contributed by atoms with Crippen molar-refractivity contribution in [2.24, 2.45) is 5.73 Å². The minimum Gasteiger partial charge on any atom is -0.354 e. The van der Waals surface area contributed by atoms with E-state index >= 15 is 0 Å². The highest BCUT2D eigenvalue weighted by atomic mass is 79.9. The van der Waals surface area contributed by atoms with Crippen molar-refractivity contribution in [1.82, 2.24) is 10.2 Å². The summed E-state index contributed by atoms with van der Waals surface area (Å²) in [5, 5.41) is 2.62. The SMILES string of the molecule is C[C@@H](N)C(=O)NCCC(=O)N(C)Cc1ccccc1Br. The summed E-state index contributed by atoms with van der Waals surface area (Å²) < 4.78 is 0.977. The fraction of sp³-hybridized carbons (Fsp3) is 0.429. The summed E-state index contributed by atoms with van der Waals surface area (Å²) >= 11 is 3.45. The number of nitrogens with two attached hydrogens (primary N) is 1. The lowest BCUT2D eigenvalue weighted by atomic mass is 10.2. The van der Waals surface area contributed by atoms with Gasteiger partial charge in [0.25, 0.3) is 0 Å². The van der Waals surface area contributed by atoms with Crippen LogP contribution in [0.15, 0.2) is 28.7 Å². The standard InChI is InChI=1S/C14H20BrN3O2/c1-10(16)14(20)17-8-7-13(19)18(2)9-11-5-3-4-6-12(11)15/h3-6,10H,7-9,16H2,1-2H3,(H,17,20)/t10-/m1/s1. The normalized spacial score (nSPS) is 11.8. The van der Waals surface area contributed by atoms with Crippen molar-refractivity contribution < 1.29 is 9.59 Å². The van der Waals surface area contributed by atoms with Crippen molar-refractivity contribution in [2.45, 2.75) is 25.9 Å². The first-order valence-corrected chi connectivity index (χ1v) is 7.21. The van der Waals surface area contributed by atoms with Gasteiger partial charge in [0, 0.05) is 31.0 Å². The van der Waals surface area contributed by atoms with Crippen molar-refractivity contribution in [3.8, 4) is 0 Å². The van der Waals surface area contributed by atoms with Crippen LogP contribution in [-0.4, -0.2) is 36.3 Å². The smallest absolute Gasteiger partial charge is 0.236 e. The highest BCUT2D eigenvalue weighted by Crippen LogP contribution is 2.17. The van der Waals surface area contributed by atoms with Crippen LogP contribution in [0.1, 0.15) is 18.9 Å². The number of hydrogen-bond acceptors (Lipinski definition) is 3. The first kappa shape index (κ1) is 16.7. The lowest BCUT2D eigenvalue weighted by molar-refractivity contribution is -0.130. The molecule has 0 spiro atoms. The molecule has 1 aromatic carbocycles. The number of hydrogen-bond donors (Lipinski definition) is 2. The van der Waals surface area contributed by atoms with Crippen LogP contribution in [0.2, 0.25) is 0 Å². The molecule has 1 atom stereocenters. The molecular formula is C14H20BrN3O2. The number of nitrogens with one attached hydrogen (secondary N) is 1. The second kappa shape index (κ2) is 8.01. The van der Waals surface area contributed by atoms with E-state index in [0.717, 1.165) is 10.0 Å². The maximum absolute atomic E-state index is 11.9. The summed E-state index contributed by atoms with van der Waals surface area (Å²) in [6.07, 6.45) is 0.263. The number of carbonyl (C=O) groups excluding carboxylic acids is 2. The predicted molar refractivity (Wildman–Crippen MR) is 81.9 cm³/mol. The molecule has 1 aromatic rings. The largest absolute Gasteiger partial charge is 0.354 e. The van der Waals surface area contributed by atoms with Gasteiger partial charge in [-0.3, -0.25) is 9.59 Å². The molecule has 1 rings (SSSR count). The molecule has 3 N–H and O–H groups in total. The quantitative estimate of drug-likeness (QED) is 0.817. The van der Waals surface area contributed by atoms with Crippen LogP contribution in [-0.2, 0) is 16.1 Å². The number of rotatable bonds is 6. The summed E-state index contributed by atoms with van der Waals surface area (Å²) in [6.45, 7) is 2.44. The highest BCUT2D eigenvalue weighted by Gasteiger charge is 2.12. The molecule has 0 aliphatic carbocycles. The Labute approximate surface area is 127 Å². The molecule has 0 unspecified atom stereocenters. The van der Waals surface area contributed by atoms with Crippen LogP contribution >= 0.6 is 15.9 Å². The molecule has 0 saturated heterocycles. The first-order valence-electron chi connectivity index (χ1n) is 6.42. The average molecular weight is 342 g/mol. The molecule has 5 nitrogen and oxygen atoms in total. The molecule has 2 amide bonds. The molecule has 0 saturated carbocycles. The van der Waals surface area contributed by atoms with Gasteiger partial charge in [0.05, 0.1) is 6.04 Å². The first-order chi connectivity index (χ1) is 9.41. The Morgan fingerprint density at radius 3 is 2.65 bits per heavy atom. The third-order valence-corrected chi connectivity index (χ3v) is 3.62. The monoisotopic (exact) mass is 341 g/mol. The van der Waals surface area contributed by atoms with E-state index in [1.807, 2.05) is 24.3 Å². The Bertz CT molecular complexity index is 477. The molecule has 0 aromatic heterocycles. The Morgan fingerprint density at radius 1 is 1.40 bits per heavy atom. The number of nitrogens with zero attached hydrogens (tertiary/aromatic N) is 1. The van der Waals surface area contributed by atoms with Crippen LogP contribution < -0.4 is 11.1 Å². The number of carbonyl (C=O) groups is 2. The van der Waals surface area contributed by atoms with E-state index in [1.165, 1.54) is 0 Å². The third-order valence-electron chi connectivity index (χ3n) is 2.84. The lowest BCUT2D eigenvalue weighted by Gasteiger charge is -2.18. The van der Waals surface area contributed by atoms with Crippen molar-refractivity contribution in [3.05, 3.63) is 34.3 Å². The van der Waals surface area contributed by atoms with E-state index in [-0.39, 0.29) is 18.2 Å². The van der Waals surface area contributed by atoms with Gasteiger partial charge in [-0.2, -0.15) is 0 Å². The lowest BCUT2D eigenvalue weighted by Crippen LogP contribution is -2.40. The van der Waals surface area contributed by atoms with Crippen LogP contribution in [0.25, 0.3) is 0 Å². The van der Waals surface area contributed by atoms with Gasteiger partial charge in [-0.05, 0) is 18.6 Å². The van der Waals surface area contributed by atoms with Crippen LogP contribution in [0.4, 0.5) is 0 Å². The molecule has 0 fully saturated rings. The summed E-state index contributed by atoms with van der Waals surface area (Å²) in [6, 6.07) is 7.21. The molecule has 0 bridgehead atoms. The maximum Gasteiger partial charge on any atom is 0.236 e. The predicted octanol–water partition coefficient (Wildman–Crippen LogP) is 1.26. The van der Waals surface area contributed by atoms with Crippen LogP contribution in [0.3, 0.4) is 0 Å². The zero-order valence-electron chi connectivity index (χ0n) is 11.7. The average Bonchev–Trinajstić information content (AvgIpc) is 2.40. The van der Waals surface area contributed by atoms with E-state index in [1.54, 1.807) is 18.9 Å². The summed E-state index contributed by atoms with van der Waals surface area (Å²) in [4.78, 5) is 24.8. The van der Waals surface area contributed by atoms with E-state index in [4.69, 9.17) is 5.73 Å². The zero-order chi connectivity index (χ0) is 15.1. The minimum atomic E-state index is -0.553. The number of benzene rings is 1. The van der Waals surface area contributed by atoms with Gasteiger partial charge in [-0.1, -0.05) is 34.1 Å². The Balaban J connectivity index is 2.40. The Morgan fingerprint density at radius 2 is 2.05 bits per heavy atom. The van der Waals surface area contributed by atoms with E-state index in [0.29, 0.717) is 13.1 Å². The Hall–Kier alpha value is -1.40. The van der Waals surface area contributed by atoms with E-state index in [9.17, 15) is 9.59 Å². The van der Waals surface area contributed by atoms with Gasteiger partial charge in [-0.25, -0.2) is 0 Å². The Kier molecular flexibility index (Phi) is 6.67. The fourth-order valence-electron chi connectivity index (χ4n) is 1.61. The third kappa shape index (κ3) is 5.30. The number of amides is 2. The van der Waals surface area contributed by atoms with Crippen molar-refractivity contribution >= 4 is 27.7 Å². The summed E-state index contributed by atoms with van der Waals surface area (Å²) in [5.41, 5.74) is 6.46. The number of halogens is 1. The second-order valence-electron chi connectivity index (χ2n) is 4.67. The van der Waals surface area contributed by atoms with Crippen molar-refractivity contribution in [3.63, 3.8) is 0 Å². The molecular weight excluding hydrogens is 322 g/mol. The molecule has 0 heterocycles. The van der Waals surface area contributed by atoms with Gasteiger partial charge in [0.2, 0.25) is 11.8 Å². The molecule has 110 valence electrons. The fourth-order valence-corrected chi connectivity index (χ4v) is 2.02. The highest BCUT2D eigenvalue weighted by molar-refractivity contribution is 9.10. The summed E-state index contributed by atoms with van der Waals surface area (Å²) in [7, 11) is 1.75. The second-order valence-corrected chi connectivity index (χ2v) is 5.53. The maximum atomic E-state index is 11.9. The molecule has 20 heavy (non-hydrogen) atoms. The molecule has 0 aliphatic heterocycles. The van der Waals surface area contributed by atoms with Crippen LogP contribution in [0.5, 0.6) is 0 Å². The van der Waals surface area contributed by atoms with Gasteiger partial charge in [0.15, 0.2) is 0 Å². The zero-order valence-corrected chi connectivity index (χ0v) is 13.3.